The highest BCUT2D eigenvalue weighted by Gasteiger charge is 2.14. The van der Waals surface area contributed by atoms with Gasteiger partial charge in [0.25, 0.3) is 0 Å². The fraction of sp³-hybridized carbons (Fsp3) is 0.375. The number of carbonyl (C=O) groups is 2. The Morgan fingerprint density at radius 2 is 1.80 bits per heavy atom. The van der Waals surface area contributed by atoms with Crippen LogP contribution in [-0.2, 0) is 9.59 Å². The quantitative estimate of drug-likeness (QED) is 0.435. The standard InChI is InChI=1S/C16H21NO3/c1-12(18)15(16(19)9-10-17(2)3)11-13-5-7-14(20-4)8-6-13/h5-8,11H,9-10H2,1-4H3. The second-order valence-corrected chi connectivity index (χ2v) is 4.86. The van der Waals surface area contributed by atoms with Gasteiger partial charge in [0.2, 0.25) is 0 Å². The van der Waals surface area contributed by atoms with Crippen molar-refractivity contribution in [3.8, 4) is 5.75 Å². The Morgan fingerprint density at radius 3 is 2.25 bits per heavy atom. The SMILES string of the molecule is COc1ccc(C=C(C(C)=O)C(=O)CCN(C)C)cc1. The van der Waals surface area contributed by atoms with Gasteiger partial charge in [-0.15, -0.1) is 0 Å². The number of ketones is 2. The Balaban J connectivity index is 2.91. The summed E-state index contributed by atoms with van der Waals surface area (Å²) in [6, 6.07) is 7.24. The van der Waals surface area contributed by atoms with Crippen LogP contribution in [0, 0.1) is 0 Å². The van der Waals surface area contributed by atoms with Gasteiger partial charge in [0.15, 0.2) is 11.6 Å². The van der Waals surface area contributed by atoms with Gasteiger partial charge < -0.3 is 9.64 Å². The van der Waals surface area contributed by atoms with Crippen LogP contribution in [0.3, 0.4) is 0 Å². The number of rotatable bonds is 7. The summed E-state index contributed by atoms with van der Waals surface area (Å²) >= 11 is 0. The highest BCUT2D eigenvalue weighted by Crippen LogP contribution is 2.15. The van der Waals surface area contributed by atoms with Crippen molar-refractivity contribution in [2.24, 2.45) is 0 Å². The highest BCUT2D eigenvalue weighted by molar-refractivity contribution is 6.22. The van der Waals surface area contributed by atoms with Crippen molar-refractivity contribution >= 4 is 17.6 Å². The van der Waals surface area contributed by atoms with Crippen molar-refractivity contribution in [3.05, 3.63) is 35.4 Å². The summed E-state index contributed by atoms with van der Waals surface area (Å²) < 4.78 is 5.07. The van der Waals surface area contributed by atoms with Gasteiger partial charge in [-0.2, -0.15) is 0 Å². The molecule has 0 bridgehead atoms. The lowest BCUT2D eigenvalue weighted by Crippen LogP contribution is -2.19. The molecule has 0 saturated heterocycles. The van der Waals surface area contributed by atoms with Gasteiger partial charge in [-0.1, -0.05) is 12.1 Å². The summed E-state index contributed by atoms with van der Waals surface area (Å²) in [5, 5.41) is 0. The first-order chi connectivity index (χ1) is 9.43. The average molecular weight is 275 g/mol. The van der Waals surface area contributed by atoms with Gasteiger partial charge in [-0.05, 0) is 44.8 Å². The number of hydrogen-bond donors (Lipinski definition) is 0. The molecule has 0 heterocycles. The number of methoxy groups -OCH3 is 1. The fourth-order valence-electron chi connectivity index (χ4n) is 1.71. The molecule has 0 radical (unpaired) electrons. The van der Waals surface area contributed by atoms with Crippen molar-refractivity contribution < 1.29 is 14.3 Å². The van der Waals surface area contributed by atoms with E-state index in [0.29, 0.717) is 13.0 Å². The van der Waals surface area contributed by atoms with Crippen molar-refractivity contribution in [2.75, 3.05) is 27.7 Å². The molecule has 1 aromatic carbocycles. The monoisotopic (exact) mass is 275 g/mol. The van der Waals surface area contributed by atoms with Gasteiger partial charge >= 0.3 is 0 Å². The van der Waals surface area contributed by atoms with E-state index in [0.717, 1.165) is 11.3 Å². The number of allylic oxidation sites excluding steroid dienone is 1. The normalized spacial score (nSPS) is 11.6. The van der Waals surface area contributed by atoms with Gasteiger partial charge in [-0.25, -0.2) is 0 Å². The topological polar surface area (TPSA) is 46.6 Å². The summed E-state index contributed by atoms with van der Waals surface area (Å²) in [4.78, 5) is 25.6. The third-order valence-electron chi connectivity index (χ3n) is 2.89. The summed E-state index contributed by atoms with van der Waals surface area (Å²) in [5.74, 6) is 0.414. The Labute approximate surface area is 120 Å². The number of benzene rings is 1. The van der Waals surface area contributed by atoms with Crippen LogP contribution in [0.1, 0.15) is 18.9 Å². The van der Waals surface area contributed by atoms with Gasteiger partial charge in [-0.3, -0.25) is 9.59 Å². The molecule has 4 nitrogen and oxygen atoms in total. The highest BCUT2D eigenvalue weighted by atomic mass is 16.5. The first-order valence-corrected chi connectivity index (χ1v) is 6.48. The predicted octanol–water partition coefficient (Wildman–Crippen LogP) is 2.19. The van der Waals surface area contributed by atoms with Crippen LogP contribution in [0.2, 0.25) is 0 Å². The number of ether oxygens (including phenoxy) is 1. The van der Waals surface area contributed by atoms with E-state index in [-0.39, 0.29) is 17.1 Å². The van der Waals surface area contributed by atoms with Crippen LogP contribution in [-0.4, -0.2) is 44.2 Å². The molecule has 0 N–H and O–H groups in total. The van der Waals surface area contributed by atoms with E-state index < -0.39 is 0 Å². The second-order valence-electron chi connectivity index (χ2n) is 4.86. The average Bonchev–Trinajstić information content (AvgIpc) is 2.42. The third-order valence-corrected chi connectivity index (χ3v) is 2.89. The molecular weight excluding hydrogens is 254 g/mol. The lowest BCUT2D eigenvalue weighted by atomic mass is 10.0. The molecule has 0 unspecified atom stereocenters. The molecule has 0 spiro atoms. The van der Waals surface area contributed by atoms with Crippen LogP contribution in [0.25, 0.3) is 6.08 Å². The van der Waals surface area contributed by atoms with Crippen molar-refractivity contribution in [1.29, 1.82) is 0 Å². The van der Waals surface area contributed by atoms with Gasteiger partial charge in [0, 0.05) is 13.0 Å². The summed E-state index contributed by atoms with van der Waals surface area (Å²) in [6.45, 7) is 2.05. The number of carbonyl (C=O) groups excluding carboxylic acids is 2. The van der Waals surface area contributed by atoms with E-state index in [1.807, 2.05) is 31.1 Å². The van der Waals surface area contributed by atoms with E-state index in [1.54, 1.807) is 25.3 Å². The minimum Gasteiger partial charge on any atom is -0.497 e. The van der Waals surface area contributed by atoms with E-state index in [9.17, 15) is 9.59 Å². The van der Waals surface area contributed by atoms with E-state index in [2.05, 4.69) is 0 Å². The molecule has 0 saturated carbocycles. The van der Waals surface area contributed by atoms with Gasteiger partial charge in [0.1, 0.15) is 5.75 Å². The van der Waals surface area contributed by atoms with E-state index in [4.69, 9.17) is 4.74 Å². The molecule has 4 heteroatoms. The smallest absolute Gasteiger partial charge is 0.167 e. The Kier molecular flexibility index (Phi) is 6.12. The van der Waals surface area contributed by atoms with E-state index in [1.165, 1.54) is 6.92 Å². The molecule has 0 aliphatic carbocycles. The molecule has 1 aromatic rings. The van der Waals surface area contributed by atoms with Crippen molar-refractivity contribution in [2.45, 2.75) is 13.3 Å². The molecular formula is C16H21NO3. The Bertz CT molecular complexity index is 501. The maximum atomic E-state index is 12.1. The first kappa shape index (κ1) is 16.1. The molecule has 20 heavy (non-hydrogen) atoms. The molecule has 108 valence electrons. The minimum atomic E-state index is -0.204. The lowest BCUT2D eigenvalue weighted by Gasteiger charge is -2.09. The van der Waals surface area contributed by atoms with Crippen LogP contribution in [0.4, 0.5) is 0 Å². The third kappa shape index (κ3) is 4.97. The Morgan fingerprint density at radius 1 is 1.20 bits per heavy atom. The molecule has 0 atom stereocenters. The van der Waals surface area contributed by atoms with Crippen LogP contribution < -0.4 is 4.74 Å². The minimum absolute atomic E-state index is 0.123. The van der Waals surface area contributed by atoms with Crippen LogP contribution in [0.15, 0.2) is 29.8 Å². The van der Waals surface area contributed by atoms with Crippen LogP contribution >= 0.6 is 0 Å². The van der Waals surface area contributed by atoms with Crippen molar-refractivity contribution in [3.63, 3.8) is 0 Å². The predicted molar refractivity (Wildman–Crippen MR) is 79.8 cm³/mol. The largest absolute Gasteiger partial charge is 0.497 e. The zero-order valence-corrected chi connectivity index (χ0v) is 12.5. The molecule has 0 amide bonds. The molecule has 1 rings (SSSR count). The molecule has 0 aliphatic heterocycles. The van der Waals surface area contributed by atoms with Crippen LogP contribution in [0.5, 0.6) is 5.75 Å². The van der Waals surface area contributed by atoms with Gasteiger partial charge in [0.05, 0.1) is 12.7 Å². The summed E-state index contributed by atoms with van der Waals surface area (Å²) in [5.41, 5.74) is 1.06. The zero-order valence-electron chi connectivity index (χ0n) is 12.5. The Hall–Kier alpha value is -1.94. The molecule has 0 aliphatic rings. The first-order valence-electron chi connectivity index (χ1n) is 6.48. The molecule has 0 fully saturated rings. The maximum Gasteiger partial charge on any atom is 0.167 e. The maximum absolute atomic E-state index is 12.1. The molecule has 0 aromatic heterocycles. The fourth-order valence-corrected chi connectivity index (χ4v) is 1.71. The summed E-state index contributed by atoms with van der Waals surface area (Å²) in [7, 11) is 5.39. The number of nitrogens with zero attached hydrogens (tertiary/aromatic N) is 1. The second kappa shape index (κ2) is 7.60. The zero-order chi connectivity index (χ0) is 15.1. The number of Topliss-reactive ketones (excluding diaryl/α,β-unsaturated/α-hetero) is 2. The number of hydrogen-bond acceptors (Lipinski definition) is 4. The van der Waals surface area contributed by atoms with E-state index >= 15 is 0 Å². The summed E-state index contributed by atoms with van der Waals surface area (Å²) in [6.07, 6.45) is 1.98. The lowest BCUT2D eigenvalue weighted by molar-refractivity contribution is -0.120. The van der Waals surface area contributed by atoms with Crippen molar-refractivity contribution in [1.82, 2.24) is 4.90 Å².